The maximum atomic E-state index is 5.90. The average molecular weight is 304 g/mol. The lowest BCUT2D eigenvalue weighted by atomic mass is 9.82. The Kier molecular flexibility index (Phi) is 4.18. The maximum Gasteiger partial charge on any atom is 0.154 e. The Balaban J connectivity index is 1.53. The largest absolute Gasteiger partial charge is 0.375 e. The molecule has 5 nitrogen and oxygen atoms in total. The zero-order chi connectivity index (χ0) is 14.9. The second-order valence-electron chi connectivity index (χ2n) is 7.11. The summed E-state index contributed by atoms with van der Waals surface area (Å²) in [5, 5.41) is 8.48. The van der Waals surface area contributed by atoms with E-state index in [1.807, 2.05) is 0 Å². The number of aryl methyl sites for hydroxylation is 1. The lowest BCUT2D eigenvalue weighted by Gasteiger charge is -2.39. The number of aromatic nitrogens is 3. The highest BCUT2D eigenvalue weighted by Crippen LogP contribution is 2.37. The molecule has 22 heavy (non-hydrogen) atoms. The van der Waals surface area contributed by atoms with Crippen LogP contribution in [-0.2, 0) is 11.3 Å². The van der Waals surface area contributed by atoms with Crippen molar-refractivity contribution in [3.05, 3.63) is 11.6 Å². The van der Waals surface area contributed by atoms with Crippen LogP contribution in [0, 0.1) is 0 Å². The molecule has 1 N–H and O–H groups in total. The van der Waals surface area contributed by atoms with E-state index in [0.29, 0.717) is 24.0 Å². The molecule has 1 aromatic heterocycles. The zero-order valence-electron chi connectivity index (χ0n) is 13.6. The van der Waals surface area contributed by atoms with Gasteiger partial charge in [0.1, 0.15) is 5.82 Å². The molecular weight excluding hydrogens is 276 g/mol. The maximum absolute atomic E-state index is 5.90. The van der Waals surface area contributed by atoms with Gasteiger partial charge in [-0.1, -0.05) is 12.8 Å². The fraction of sp³-hybridized carbons (Fsp3) is 0.882. The van der Waals surface area contributed by atoms with Gasteiger partial charge in [0.2, 0.25) is 0 Å². The molecule has 0 radical (unpaired) electrons. The van der Waals surface area contributed by atoms with Gasteiger partial charge in [-0.3, -0.25) is 0 Å². The van der Waals surface area contributed by atoms with Gasteiger partial charge in [0.05, 0.1) is 12.7 Å². The molecule has 3 aliphatic rings. The molecule has 2 saturated carbocycles. The molecule has 1 aliphatic heterocycles. The quantitative estimate of drug-likeness (QED) is 0.932. The van der Waals surface area contributed by atoms with E-state index in [9.17, 15) is 0 Å². The summed E-state index contributed by atoms with van der Waals surface area (Å²) in [7, 11) is 0. The van der Waals surface area contributed by atoms with Gasteiger partial charge in [-0.05, 0) is 39.0 Å². The smallest absolute Gasteiger partial charge is 0.154 e. The minimum Gasteiger partial charge on any atom is -0.375 e. The highest BCUT2D eigenvalue weighted by atomic mass is 16.5. The van der Waals surface area contributed by atoms with Gasteiger partial charge in [-0.25, -0.2) is 9.67 Å². The van der Waals surface area contributed by atoms with Crippen LogP contribution in [0.25, 0.3) is 0 Å². The van der Waals surface area contributed by atoms with Crippen LogP contribution >= 0.6 is 0 Å². The third-order valence-electron chi connectivity index (χ3n) is 5.73. The van der Waals surface area contributed by atoms with Crippen LogP contribution in [-0.4, -0.2) is 40.1 Å². The molecule has 0 spiro atoms. The van der Waals surface area contributed by atoms with E-state index in [1.54, 1.807) is 0 Å². The van der Waals surface area contributed by atoms with Gasteiger partial charge >= 0.3 is 0 Å². The second kappa shape index (κ2) is 6.28. The fourth-order valence-electron chi connectivity index (χ4n) is 4.51. The van der Waals surface area contributed by atoms with E-state index in [0.717, 1.165) is 38.4 Å². The van der Waals surface area contributed by atoms with Crippen LogP contribution in [0.15, 0.2) is 0 Å². The highest BCUT2D eigenvalue weighted by Gasteiger charge is 2.36. The molecule has 5 heteroatoms. The molecule has 0 aromatic carbocycles. The lowest BCUT2D eigenvalue weighted by Crippen LogP contribution is -2.51. The number of rotatable bonds is 3. The Morgan fingerprint density at radius 3 is 2.86 bits per heavy atom. The monoisotopic (exact) mass is 304 g/mol. The van der Waals surface area contributed by atoms with E-state index in [1.165, 1.54) is 37.9 Å². The first-order valence-corrected chi connectivity index (χ1v) is 9.14. The molecule has 0 unspecified atom stereocenters. The molecule has 1 saturated heterocycles. The standard InChI is InChI=1S/C17H28N4O/c1-2-21-17(19-16(20-21)12-5-3-4-6-12)13-7-8-15-14(11-13)18-9-10-22-15/h12-15,18H,2-11H2,1H3/t13-,14+,15+/m0/s1. The average Bonchev–Trinajstić information content (AvgIpc) is 3.23. The molecule has 2 aliphatic carbocycles. The number of hydrogen-bond acceptors (Lipinski definition) is 4. The van der Waals surface area contributed by atoms with E-state index in [-0.39, 0.29) is 0 Å². The Bertz CT molecular complexity index is 509. The molecule has 122 valence electrons. The van der Waals surface area contributed by atoms with Crippen LogP contribution in [0.4, 0.5) is 0 Å². The van der Waals surface area contributed by atoms with Crippen molar-refractivity contribution in [2.45, 2.75) is 82.4 Å². The first kappa shape index (κ1) is 14.6. The first-order chi connectivity index (χ1) is 10.8. The number of hydrogen-bond donors (Lipinski definition) is 1. The van der Waals surface area contributed by atoms with Crippen LogP contribution < -0.4 is 5.32 Å². The summed E-state index contributed by atoms with van der Waals surface area (Å²) in [5.41, 5.74) is 0. The van der Waals surface area contributed by atoms with Crippen LogP contribution in [0.2, 0.25) is 0 Å². The predicted octanol–water partition coefficient (Wildman–Crippen LogP) is 2.58. The fourth-order valence-corrected chi connectivity index (χ4v) is 4.51. The first-order valence-electron chi connectivity index (χ1n) is 9.14. The zero-order valence-corrected chi connectivity index (χ0v) is 13.6. The molecule has 2 heterocycles. The summed E-state index contributed by atoms with van der Waals surface area (Å²) in [4.78, 5) is 5.01. The van der Waals surface area contributed by atoms with Gasteiger partial charge in [0.15, 0.2) is 5.82 Å². The van der Waals surface area contributed by atoms with Crippen molar-refractivity contribution in [1.29, 1.82) is 0 Å². The molecule has 0 bridgehead atoms. The topological polar surface area (TPSA) is 52.0 Å². The summed E-state index contributed by atoms with van der Waals surface area (Å²) in [6.07, 6.45) is 9.13. The number of morpholine rings is 1. The van der Waals surface area contributed by atoms with Crippen LogP contribution in [0.3, 0.4) is 0 Å². The van der Waals surface area contributed by atoms with E-state index < -0.39 is 0 Å². The minimum absolute atomic E-state index is 0.414. The van der Waals surface area contributed by atoms with Crippen molar-refractivity contribution in [3.8, 4) is 0 Å². The molecule has 3 atom stereocenters. The Hall–Kier alpha value is -0.940. The van der Waals surface area contributed by atoms with Crippen molar-refractivity contribution < 1.29 is 4.74 Å². The van der Waals surface area contributed by atoms with Crippen LogP contribution in [0.5, 0.6) is 0 Å². The van der Waals surface area contributed by atoms with Crippen molar-refractivity contribution in [1.82, 2.24) is 20.1 Å². The van der Waals surface area contributed by atoms with Gasteiger partial charge in [-0.15, -0.1) is 0 Å². The predicted molar refractivity (Wildman–Crippen MR) is 85.0 cm³/mol. The summed E-state index contributed by atoms with van der Waals surface area (Å²) >= 11 is 0. The van der Waals surface area contributed by atoms with Gasteiger partial charge < -0.3 is 10.1 Å². The Morgan fingerprint density at radius 2 is 2.05 bits per heavy atom. The summed E-state index contributed by atoms with van der Waals surface area (Å²) in [6.45, 7) is 4.97. The number of ether oxygens (including phenoxy) is 1. The van der Waals surface area contributed by atoms with Gasteiger partial charge in [0, 0.05) is 31.0 Å². The van der Waals surface area contributed by atoms with Crippen molar-refractivity contribution >= 4 is 0 Å². The van der Waals surface area contributed by atoms with Crippen LogP contribution in [0.1, 0.15) is 75.4 Å². The second-order valence-corrected chi connectivity index (χ2v) is 7.11. The van der Waals surface area contributed by atoms with E-state index in [4.69, 9.17) is 14.8 Å². The molecular formula is C17H28N4O. The van der Waals surface area contributed by atoms with Gasteiger partial charge in [0.25, 0.3) is 0 Å². The third-order valence-corrected chi connectivity index (χ3v) is 5.73. The lowest BCUT2D eigenvalue weighted by molar-refractivity contribution is -0.0282. The summed E-state index contributed by atoms with van der Waals surface area (Å²) < 4.78 is 8.07. The Morgan fingerprint density at radius 1 is 1.18 bits per heavy atom. The number of nitrogens with zero attached hydrogens (tertiary/aromatic N) is 3. The normalized spacial score (nSPS) is 33.0. The molecule has 1 aromatic rings. The highest BCUT2D eigenvalue weighted by molar-refractivity contribution is 5.08. The van der Waals surface area contributed by atoms with Crippen molar-refractivity contribution in [3.63, 3.8) is 0 Å². The Labute approximate surface area is 132 Å². The van der Waals surface area contributed by atoms with Gasteiger partial charge in [-0.2, -0.15) is 5.10 Å². The van der Waals surface area contributed by atoms with E-state index >= 15 is 0 Å². The molecule has 0 amide bonds. The third kappa shape index (κ3) is 2.69. The SMILES string of the molecule is CCn1nc(C2CCCC2)nc1[C@H]1CC[C@H]2OCCN[C@@H]2C1. The summed E-state index contributed by atoms with van der Waals surface area (Å²) in [5.74, 6) is 3.50. The van der Waals surface area contributed by atoms with Crippen molar-refractivity contribution in [2.24, 2.45) is 0 Å². The number of fused-ring (bicyclic) bond motifs is 1. The molecule has 3 fully saturated rings. The summed E-state index contributed by atoms with van der Waals surface area (Å²) in [6, 6.07) is 0.504. The van der Waals surface area contributed by atoms with E-state index in [2.05, 4.69) is 16.9 Å². The number of nitrogens with one attached hydrogen (secondary N) is 1. The van der Waals surface area contributed by atoms with Crippen molar-refractivity contribution in [2.75, 3.05) is 13.2 Å². The molecule has 4 rings (SSSR count). The minimum atomic E-state index is 0.414.